The van der Waals surface area contributed by atoms with Gasteiger partial charge in [-0.3, -0.25) is 0 Å². The maximum atomic E-state index is 12.6. The number of rotatable bonds is 6. The van der Waals surface area contributed by atoms with Gasteiger partial charge in [0.15, 0.2) is 0 Å². The maximum absolute atomic E-state index is 12.6. The van der Waals surface area contributed by atoms with Crippen LogP contribution >= 0.6 is 24.0 Å². The molecule has 0 amide bonds. The first-order chi connectivity index (χ1) is 11.1. The van der Waals surface area contributed by atoms with E-state index in [0.717, 1.165) is 25.5 Å². The summed E-state index contributed by atoms with van der Waals surface area (Å²) in [5.41, 5.74) is -1.53. The molecule has 0 aliphatic carbocycles. The standard InChI is InChI=1S/C14H18ClF3N2O3S.ClH/c1-23-9-13(5-2-6-19-13)8-20-24(21,22)12-4-3-10(7-11(12)15)14(16,17)18;/h3-4,7,19-20H,2,5-6,8-9H2,1H3;1H. The first-order valence-corrected chi connectivity index (χ1v) is 9.06. The molecular formula is C14H19Cl2F3N2O3S. The Labute approximate surface area is 155 Å². The smallest absolute Gasteiger partial charge is 0.383 e. The van der Waals surface area contributed by atoms with E-state index in [9.17, 15) is 21.6 Å². The van der Waals surface area contributed by atoms with Crippen molar-refractivity contribution in [2.24, 2.45) is 0 Å². The summed E-state index contributed by atoms with van der Waals surface area (Å²) in [5.74, 6) is 0. The Morgan fingerprint density at radius 3 is 2.56 bits per heavy atom. The van der Waals surface area contributed by atoms with Gasteiger partial charge in [0.25, 0.3) is 0 Å². The SMILES string of the molecule is COCC1(CNS(=O)(=O)c2ccc(C(F)(F)F)cc2Cl)CCCN1.Cl. The van der Waals surface area contributed by atoms with Gasteiger partial charge in [0.05, 0.1) is 22.7 Å². The molecule has 1 aliphatic heterocycles. The third-order valence-corrected chi connectivity index (χ3v) is 5.79. The van der Waals surface area contributed by atoms with E-state index in [4.69, 9.17) is 16.3 Å². The minimum Gasteiger partial charge on any atom is -0.383 e. The van der Waals surface area contributed by atoms with Crippen LogP contribution in [0.4, 0.5) is 13.2 Å². The van der Waals surface area contributed by atoms with Crippen LogP contribution in [0.15, 0.2) is 23.1 Å². The number of hydrogen-bond acceptors (Lipinski definition) is 4. The molecule has 1 aromatic carbocycles. The highest BCUT2D eigenvalue weighted by Crippen LogP contribution is 2.33. The van der Waals surface area contributed by atoms with Crippen LogP contribution in [0.25, 0.3) is 0 Å². The molecule has 0 saturated carbocycles. The Morgan fingerprint density at radius 2 is 2.08 bits per heavy atom. The zero-order chi connectivity index (χ0) is 18.0. The van der Waals surface area contributed by atoms with Crippen LogP contribution < -0.4 is 10.0 Å². The van der Waals surface area contributed by atoms with Gasteiger partial charge < -0.3 is 10.1 Å². The fourth-order valence-electron chi connectivity index (χ4n) is 2.68. The maximum Gasteiger partial charge on any atom is 0.416 e. The molecule has 2 rings (SSSR count). The lowest BCUT2D eigenvalue weighted by Gasteiger charge is -2.29. The second-order valence-corrected chi connectivity index (χ2v) is 7.85. The van der Waals surface area contributed by atoms with E-state index >= 15 is 0 Å². The number of benzene rings is 1. The van der Waals surface area contributed by atoms with Gasteiger partial charge in [0, 0.05) is 13.7 Å². The van der Waals surface area contributed by atoms with Gasteiger partial charge in [-0.15, -0.1) is 12.4 Å². The number of sulfonamides is 1. The molecule has 1 fully saturated rings. The first kappa shape index (κ1) is 22.5. The highest BCUT2D eigenvalue weighted by Gasteiger charge is 2.36. The van der Waals surface area contributed by atoms with E-state index in [0.29, 0.717) is 18.7 Å². The van der Waals surface area contributed by atoms with Crippen molar-refractivity contribution >= 4 is 34.0 Å². The Hall–Kier alpha value is -0.580. The molecule has 0 spiro atoms. The number of halogens is 5. The highest BCUT2D eigenvalue weighted by molar-refractivity contribution is 7.89. The Balaban J connectivity index is 0.00000312. The molecule has 1 unspecified atom stereocenters. The summed E-state index contributed by atoms with van der Waals surface area (Å²) < 4.78 is 70.2. The van der Waals surface area contributed by atoms with Crippen LogP contribution in [0.3, 0.4) is 0 Å². The van der Waals surface area contributed by atoms with Crippen LogP contribution in [0.1, 0.15) is 18.4 Å². The fraction of sp³-hybridized carbons (Fsp3) is 0.571. The van der Waals surface area contributed by atoms with Crippen molar-refractivity contribution in [2.45, 2.75) is 29.5 Å². The highest BCUT2D eigenvalue weighted by atomic mass is 35.5. The zero-order valence-corrected chi connectivity index (χ0v) is 15.7. The Bertz CT molecular complexity index is 693. The molecule has 1 aliphatic rings. The molecule has 0 radical (unpaired) electrons. The molecule has 25 heavy (non-hydrogen) atoms. The number of hydrogen-bond donors (Lipinski definition) is 2. The van der Waals surface area contributed by atoms with Gasteiger partial charge >= 0.3 is 6.18 Å². The van der Waals surface area contributed by atoms with Crippen molar-refractivity contribution in [2.75, 3.05) is 26.8 Å². The molecule has 1 saturated heterocycles. The molecule has 5 nitrogen and oxygen atoms in total. The zero-order valence-electron chi connectivity index (χ0n) is 13.3. The van der Waals surface area contributed by atoms with Crippen LogP contribution in [0.5, 0.6) is 0 Å². The van der Waals surface area contributed by atoms with Gasteiger partial charge in [0.2, 0.25) is 10.0 Å². The average molecular weight is 423 g/mol. The van der Waals surface area contributed by atoms with Gasteiger partial charge in [-0.05, 0) is 37.6 Å². The molecular weight excluding hydrogens is 404 g/mol. The van der Waals surface area contributed by atoms with Crippen LogP contribution in [0.2, 0.25) is 5.02 Å². The van der Waals surface area contributed by atoms with Gasteiger partial charge in [-0.25, -0.2) is 13.1 Å². The lowest BCUT2D eigenvalue weighted by Crippen LogP contribution is -2.52. The molecule has 1 aromatic rings. The van der Waals surface area contributed by atoms with E-state index in [1.165, 1.54) is 7.11 Å². The van der Waals surface area contributed by atoms with E-state index in [1.807, 2.05) is 0 Å². The van der Waals surface area contributed by atoms with Gasteiger partial charge in [0.1, 0.15) is 4.90 Å². The summed E-state index contributed by atoms with van der Waals surface area (Å²) in [4.78, 5) is -0.386. The Morgan fingerprint density at radius 1 is 1.40 bits per heavy atom. The number of alkyl halides is 3. The molecule has 2 N–H and O–H groups in total. The monoisotopic (exact) mass is 422 g/mol. The largest absolute Gasteiger partial charge is 0.416 e. The minimum absolute atomic E-state index is 0. The first-order valence-electron chi connectivity index (χ1n) is 7.20. The summed E-state index contributed by atoms with van der Waals surface area (Å²) in [6, 6.07) is 2.16. The third kappa shape index (κ3) is 5.45. The average Bonchev–Trinajstić information content (AvgIpc) is 2.93. The molecule has 1 heterocycles. The van der Waals surface area contributed by atoms with Crippen molar-refractivity contribution in [1.29, 1.82) is 0 Å². The summed E-state index contributed by atoms with van der Waals surface area (Å²) in [5, 5.41) is 2.73. The van der Waals surface area contributed by atoms with E-state index < -0.39 is 32.3 Å². The van der Waals surface area contributed by atoms with Crippen molar-refractivity contribution in [1.82, 2.24) is 10.0 Å². The molecule has 1 atom stereocenters. The summed E-state index contributed by atoms with van der Waals surface area (Å²) >= 11 is 5.75. The normalized spacial score (nSPS) is 21.2. The second kappa shape index (κ2) is 8.41. The summed E-state index contributed by atoms with van der Waals surface area (Å²) in [7, 11) is -2.53. The van der Waals surface area contributed by atoms with Crippen LogP contribution in [0, 0.1) is 0 Å². The number of ether oxygens (including phenoxy) is 1. The van der Waals surface area contributed by atoms with Crippen molar-refractivity contribution in [3.63, 3.8) is 0 Å². The van der Waals surface area contributed by atoms with Crippen molar-refractivity contribution in [3.05, 3.63) is 28.8 Å². The molecule has 0 bridgehead atoms. The summed E-state index contributed by atoms with van der Waals surface area (Å²) in [6.45, 7) is 1.11. The quantitative estimate of drug-likeness (QED) is 0.739. The van der Waals surface area contributed by atoms with E-state index in [1.54, 1.807) is 0 Å². The number of nitrogens with one attached hydrogen (secondary N) is 2. The van der Waals surface area contributed by atoms with Crippen LogP contribution in [-0.2, 0) is 20.9 Å². The third-order valence-electron chi connectivity index (χ3n) is 3.90. The molecule has 144 valence electrons. The predicted octanol–water partition coefficient (Wildman–Crippen LogP) is 2.83. The van der Waals surface area contributed by atoms with E-state index in [2.05, 4.69) is 10.0 Å². The topological polar surface area (TPSA) is 67.4 Å². The van der Waals surface area contributed by atoms with Gasteiger partial charge in [-0.1, -0.05) is 11.6 Å². The minimum atomic E-state index is -4.59. The molecule has 11 heteroatoms. The lowest BCUT2D eigenvalue weighted by molar-refractivity contribution is -0.137. The second-order valence-electron chi connectivity index (χ2n) is 5.71. The van der Waals surface area contributed by atoms with Crippen molar-refractivity contribution < 1.29 is 26.3 Å². The van der Waals surface area contributed by atoms with E-state index in [-0.39, 0.29) is 23.8 Å². The Kier molecular flexibility index (Phi) is 7.55. The predicted molar refractivity (Wildman–Crippen MR) is 90.7 cm³/mol. The number of methoxy groups -OCH3 is 1. The molecule has 0 aromatic heterocycles. The summed E-state index contributed by atoms with van der Waals surface area (Å²) in [6.07, 6.45) is -2.98. The lowest BCUT2D eigenvalue weighted by atomic mass is 9.99. The van der Waals surface area contributed by atoms with Crippen LogP contribution in [-0.4, -0.2) is 40.8 Å². The van der Waals surface area contributed by atoms with Gasteiger partial charge in [-0.2, -0.15) is 13.2 Å². The fourth-order valence-corrected chi connectivity index (χ4v) is 4.35. The van der Waals surface area contributed by atoms with Crippen molar-refractivity contribution in [3.8, 4) is 0 Å².